The lowest BCUT2D eigenvalue weighted by Crippen LogP contribution is -2.66. The van der Waals surface area contributed by atoms with Gasteiger partial charge in [0.2, 0.25) is 0 Å². The van der Waals surface area contributed by atoms with Gasteiger partial charge in [-0.3, -0.25) is 14.5 Å². The molecule has 0 radical (unpaired) electrons. The van der Waals surface area contributed by atoms with Crippen LogP contribution in [-0.2, 0) is 4.79 Å². The Morgan fingerprint density at radius 2 is 1.66 bits per heavy atom. The minimum atomic E-state index is -1.10. The van der Waals surface area contributed by atoms with Gasteiger partial charge in [0.25, 0.3) is 11.8 Å². The Bertz CT molecular complexity index is 954. The molecule has 1 atom stereocenters. The number of carbonyl (C=O) groups is 2. The van der Waals surface area contributed by atoms with Gasteiger partial charge in [-0.25, -0.2) is 0 Å². The topological polar surface area (TPSA) is 71.7 Å². The van der Waals surface area contributed by atoms with Crippen molar-refractivity contribution in [3.05, 3.63) is 36.0 Å². The number of benzene rings is 1. The number of likely N-dealkylation sites (tertiary alicyclic amines) is 2. The highest BCUT2D eigenvalue weighted by atomic mass is 16.2. The van der Waals surface area contributed by atoms with Gasteiger partial charge < -0.3 is 20.1 Å². The van der Waals surface area contributed by atoms with E-state index in [-0.39, 0.29) is 11.8 Å². The van der Waals surface area contributed by atoms with E-state index >= 15 is 0 Å². The molecule has 32 heavy (non-hydrogen) atoms. The molecule has 2 amide bonds. The van der Waals surface area contributed by atoms with Gasteiger partial charge in [0.15, 0.2) is 5.66 Å². The van der Waals surface area contributed by atoms with Crippen molar-refractivity contribution in [2.45, 2.75) is 38.3 Å². The largest absolute Gasteiger partial charge is 0.361 e. The van der Waals surface area contributed by atoms with Crippen molar-refractivity contribution in [3.63, 3.8) is 0 Å². The van der Waals surface area contributed by atoms with Crippen molar-refractivity contribution in [3.8, 4) is 0 Å². The number of aromatic amines is 1. The predicted molar refractivity (Wildman–Crippen MR) is 127 cm³/mol. The second kappa shape index (κ2) is 9.24. The zero-order valence-corrected chi connectivity index (χ0v) is 19.9. The molecule has 7 nitrogen and oxygen atoms in total. The van der Waals surface area contributed by atoms with E-state index in [4.69, 9.17) is 0 Å². The van der Waals surface area contributed by atoms with Crippen molar-refractivity contribution in [1.29, 1.82) is 0 Å². The third-order valence-corrected chi connectivity index (χ3v) is 7.74. The highest BCUT2D eigenvalue weighted by Gasteiger charge is 2.42. The van der Waals surface area contributed by atoms with Crippen LogP contribution in [0, 0.1) is 11.8 Å². The van der Waals surface area contributed by atoms with E-state index in [2.05, 4.69) is 22.2 Å². The maximum absolute atomic E-state index is 13.6. The second-order valence-corrected chi connectivity index (χ2v) is 9.97. The summed E-state index contributed by atoms with van der Waals surface area (Å²) < 4.78 is 0. The van der Waals surface area contributed by atoms with E-state index < -0.39 is 5.66 Å². The first-order valence-electron chi connectivity index (χ1n) is 11.8. The molecule has 0 saturated carbocycles. The molecule has 1 aromatic carbocycles. The number of amides is 2. The Kier molecular flexibility index (Phi) is 6.58. The predicted octanol–water partition coefficient (Wildman–Crippen LogP) is 2.76. The number of H-pyrrole nitrogens is 1. The van der Waals surface area contributed by atoms with E-state index in [0.29, 0.717) is 11.5 Å². The van der Waals surface area contributed by atoms with Gasteiger partial charge in [-0.15, -0.1) is 0 Å². The molecular weight excluding hydrogens is 402 g/mol. The molecule has 2 aliphatic rings. The number of piperidine rings is 2. The molecule has 2 saturated heterocycles. The monoisotopic (exact) mass is 439 g/mol. The first-order valence-corrected chi connectivity index (χ1v) is 11.8. The highest BCUT2D eigenvalue weighted by molar-refractivity contribution is 6.01. The second-order valence-electron chi connectivity index (χ2n) is 9.97. The third kappa shape index (κ3) is 4.55. The number of fused-ring (bicyclic) bond motifs is 1. The summed E-state index contributed by atoms with van der Waals surface area (Å²) in [5, 5.41) is 4.07. The lowest BCUT2D eigenvalue weighted by Gasteiger charge is -2.43. The van der Waals surface area contributed by atoms with Crippen molar-refractivity contribution < 1.29 is 9.59 Å². The number of carbonyl (C=O) groups excluding carboxylic acids is 2. The zero-order chi connectivity index (χ0) is 22.9. The average Bonchev–Trinajstić information content (AvgIpc) is 3.27. The quantitative estimate of drug-likeness (QED) is 0.703. The van der Waals surface area contributed by atoms with E-state index in [1.807, 2.05) is 55.2 Å². The molecule has 2 aromatic rings. The van der Waals surface area contributed by atoms with Crippen LogP contribution in [0.3, 0.4) is 0 Å². The van der Waals surface area contributed by atoms with Crippen LogP contribution >= 0.6 is 0 Å². The lowest BCUT2D eigenvalue weighted by atomic mass is 9.78. The lowest BCUT2D eigenvalue weighted by molar-refractivity contribution is -0.145. The summed E-state index contributed by atoms with van der Waals surface area (Å²) >= 11 is 0. The van der Waals surface area contributed by atoms with Gasteiger partial charge in [-0.05, 0) is 102 Å². The first-order chi connectivity index (χ1) is 15.3. The first kappa shape index (κ1) is 22.8. The number of aromatic nitrogens is 1. The van der Waals surface area contributed by atoms with Crippen LogP contribution in [0.25, 0.3) is 10.9 Å². The van der Waals surface area contributed by atoms with Crippen molar-refractivity contribution >= 4 is 22.7 Å². The summed E-state index contributed by atoms with van der Waals surface area (Å²) in [5.74, 6) is 1.22. The van der Waals surface area contributed by atoms with Crippen LogP contribution in [0.15, 0.2) is 30.5 Å². The molecule has 0 unspecified atom stereocenters. The molecular formula is C25H37N5O2. The Labute approximate surface area is 191 Å². The van der Waals surface area contributed by atoms with Crippen LogP contribution in [0.1, 0.15) is 43.0 Å². The van der Waals surface area contributed by atoms with Crippen LogP contribution in [-0.4, -0.2) is 84.5 Å². The minimum Gasteiger partial charge on any atom is -0.361 e. The fourth-order valence-corrected chi connectivity index (χ4v) is 5.22. The van der Waals surface area contributed by atoms with Gasteiger partial charge in [0, 0.05) is 30.4 Å². The smallest absolute Gasteiger partial charge is 0.263 e. The Hall–Kier alpha value is -2.38. The van der Waals surface area contributed by atoms with Gasteiger partial charge in [-0.2, -0.15) is 0 Å². The van der Waals surface area contributed by atoms with Crippen LogP contribution in [0.2, 0.25) is 0 Å². The molecule has 2 aliphatic heterocycles. The molecule has 7 heteroatoms. The van der Waals surface area contributed by atoms with E-state index in [9.17, 15) is 9.59 Å². The van der Waals surface area contributed by atoms with E-state index in [0.717, 1.165) is 42.8 Å². The van der Waals surface area contributed by atoms with Gasteiger partial charge in [0.1, 0.15) is 0 Å². The van der Waals surface area contributed by atoms with Gasteiger partial charge >= 0.3 is 0 Å². The summed E-state index contributed by atoms with van der Waals surface area (Å²) in [6.45, 7) is 5.71. The molecule has 0 bridgehead atoms. The van der Waals surface area contributed by atoms with Crippen molar-refractivity contribution in [1.82, 2.24) is 25.0 Å². The van der Waals surface area contributed by atoms with Crippen molar-refractivity contribution in [2.24, 2.45) is 11.8 Å². The van der Waals surface area contributed by atoms with Crippen LogP contribution in [0.4, 0.5) is 0 Å². The molecule has 4 rings (SSSR count). The normalized spacial score (nSPS) is 21.1. The zero-order valence-electron chi connectivity index (χ0n) is 19.9. The maximum atomic E-state index is 13.6. The summed E-state index contributed by atoms with van der Waals surface area (Å²) in [5.41, 5.74) is 0.357. The summed E-state index contributed by atoms with van der Waals surface area (Å²) in [4.78, 5) is 36.0. The molecule has 0 aliphatic carbocycles. The maximum Gasteiger partial charge on any atom is 0.263 e. The number of hydrogen-bond acceptors (Lipinski definition) is 4. The Morgan fingerprint density at radius 3 is 2.28 bits per heavy atom. The standard InChI is InChI=1S/C25H37N5O2/c1-25(28(2)3,27-23(31)21-6-5-20-7-12-26-22(20)17-21)24(32)30-15-10-19(11-16-30)18-8-13-29(4)14-9-18/h5-7,12,17-19,26H,8-11,13-16H2,1-4H3,(H,27,31)/t25-/m1/s1. The Morgan fingerprint density at radius 1 is 1.03 bits per heavy atom. The average molecular weight is 440 g/mol. The Balaban J connectivity index is 1.41. The molecule has 174 valence electrons. The van der Waals surface area contributed by atoms with E-state index in [1.165, 1.54) is 25.9 Å². The number of nitrogens with one attached hydrogen (secondary N) is 2. The van der Waals surface area contributed by atoms with Gasteiger partial charge in [-0.1, -0.05) is 6.07 Å². The third-order valence-electron chi connectivity index (χ3n) is 7.74. The molecule has 2 N–H and O–H groups in total. The van der Waals surface area contributed by atoms with E-state index in [1.54, 1.807) is 6.07 Å². The molecule has 0 spiro atoms. The molecule has 3 heterocycles. The summed E-state index contributed by atoms with van der Waals surface area (Å²) in [7, 11) is 5.89. The number of likely N-dealkylation sites (N-methyl/N-ethyl adjacent to an activating group) is 1. The highest BCUT2D eigenvalue weighted by Crippen LogP contribution is 2.33. The fraction of sp³-hybridized carbons (Fsp3) is 0.600. The number of rotatable bonds is 5. The fourth-order valence-electron chi connectivity index (χ4n) is 5.22. The molecule has 1 aromatic heterocycles. The van der Waals surface area contributed by atoms with Crippen molar-refractivity contribution in [2.75, 3.05) is 47.3 Å². The van der Waals surface area contributed by atoms with Crippen LogP contribution < -0.4 is 5.32 Å². The summed E-state index contributed by atoms with van der Waals surface area (Å²) in [6.07, 6.45) is 6.51. The van der Waals surface area contributed by atoms with Crippen LogP contribution in [0.5, 0.6) is 0 Å². The minimum absolute atomic E-state index is 0.0290. The number of nitrogens with zero attached hydrogens (tertiary/aromatic N) is 3. The number of hydrogen-bond donors (Lipinski definition) is 2. The summed E-state index contributed by atoms with van der Waals surface area (Å²) in [6, 6.07) is 7.53. The van der Waals surface area contributed by atoms with Gasteiger partial charge in [0.05, 0.1) is 0 Å². The molecule has 2 fully saturated rings. The SMILES string of the molecule is CN1CCC(C2CCN(C(=O)[C@](C)(NC(=O)c3ccc4cc[nH]c4c3)N(C)C)CC2)CC1.